The number of thioether (sulfide) groups is 1. The van der Waals surface area contributed by atoms with E-state index in [1.165, 1.54) is 23.4 Å². The van der Waals surface area contributed by atoms with Crippen LogP contribution >= 0.6 is 11.8 Å². The molecule has 2 aromatic carbocycles. The van der Waals surface area contributed by atoms with Gasteiger partial charge < -0.3 is 15.0 Å². The Kier molecular flexibility index (Phi) is 7.78. The number of likely N-dealkylation sites (tertiary alicyclic amines) is 1. The Labute approximate surface area is 182 Å². The lowest BCUT2D eigenvalue weighted by atomic mass is 10.1. The number of piperidine rings is 1. The number of benzene rings is 2. The Morgan fingerprint density at radius 1 is 1.07 bits per heavy atom. The highest BCUT2D eigenvalue weighted by molar-refractivity contribution is 8.13. The lowest BCUT2D eigenvalue weighted by molar-refractivity contribution is 0.118. The van der Waals surface area contributed by atoms with Crippen molar-refractivity contribution in [2.45, 2.75) is 37.5 Å². The largest absolute Gasteiger partial charge is 0.381 e. The second-order valence-electron chi connectivity index (χ2n) is 7.92. The zero-order chi connectivity index (χ0) is 20.6. The molecular weight excluding hydrogens is 397 g/mol. The van der Waals surface area contributed by atoms with Crippen LogP contribution in [0, 0.1) is 5.82 Å². The van der Waals surface area contributed by atoms with Gasteiger partial charge in [0.15, 0.2) is 5.17 Å². The number of hydrogen-bond acceptors (Lipinski definition) is 4. The van der Waals surface area contributed by atoms with Crippen LogP contribution in [-0.2, 0) is 16.9 Å². The van der Waals surface area contributed by atoms with Crippen molar-refractivity contribution in [1.82, 2.24) is 4.90 Å². The monoisotopic (exact) mass is 427 g/mol. The number of aliphatic imine (C=N–C) groups is 1. The van der Waals surface area contributed by atoms with Crippen LogP contribution in [0.25, 0.3) is 0 Å². The first-order chi connectivity index (χ1) is 14.8. The molecule has 1 fully saturated rings. The van der Waals surface area contributed by atoms with Gasteiger partial charge >= 0.3 is 0 Å². The number of hydrogen-bond donors (Lipinski definition) is 1. The van der Waals surface area contributed by atoms with E-state index in [9.17, 15) is 4.39 Å². The standard InChI is InChI=1S/C24H30FN3OS/c25-21-8-6-19(7-9-21)12-17-29-16-3-13-28-14-10-22(11-15-28)26-24-27-23-5-2-1-4-20(23)18-30-24/h1-2,4-9,22H,3,10-18H2,(H,26,27). The van der Waals surface area contributed by atoms with Gasteiger partial charge in [0.25, 0.3) is 0 Å². The van der Waals surface area contributed by atoms with Crippen molar-refractivity contribution < 1.29 is 9.13 Å². The van der Waals surface area contributed by atoms with Crippen LogP contribution in [0.5, 0.6) is 0 Å². The quantitative estimate of drug-likeness (QED) is 0.605. The number of nitrogens with zero attached hydrogens (tertiary/aromatic N) is 2. The second kappa shape index (κ2) is 10.9. The summed E-state index contributed by atoms with van der Waals surface area (Å²) in [7, 11) is 0. The fourth-order valence-corrected chi connectivity index (χ4v) is 4.86. The normalized spacial score (nSPS) is 18.9. The van der Waals surface area contributed by atoms with Crippen LogP contribution in [0.1, 0.15) is 30.4 Å². The van der Waals surface area contributed by atoms with Gasteiger partial charge in [0.1, 0.15) is 5.82 Å². The summed E-state index contributed by atoms with van der Waals surface area (Å²) >= 11 is 1.81. The molecule has 0 amide bonds. The molecular formula is C24H30FN3OS. The summed E-state index contributed by atoms with van der Waals surface area (Å²) in [6.45, 7) is 4.78. The van der Waals surface area contributed by atoms with E-state index in [1.54, 1.807) is 0 Å². The molecule has 2 heterocycles. The molecule has 0 atom stereocenters. The molecule has 0 saturated carbocycles. The highest BCUT2D eigenvalue weighted by Gasteiger charge is 2.20. The molecule has 0 aliphatic carbocycles. The third kappa shape index (κ3) is 6.30. The van der Waals surface area contributed by atoms with Crippen LogP contribution in [0.15, 0.2) is 53.5 Å². The van der Waals surface area contributed by atoms with Crippen LogP contribution < -0.4 is 5.32 Å². The lowest BCUT2D eigenvalue weighted by Crippen LogP contribution is -2.36. The number of halogens is 1. The van der Waals surface area contributed by atoms with Crippen molar-refractivity contribution in [2.24, 2.45) is 4.99 Å². The van der Waals surface area contributed by atoms with E-state index in [-0.39, 0.29) is 5.82 Å². The number of amidine groups is 1. The average Bonchev–Trinajstić information content (AvgIpc) is 2.78. The molecule has 2 aliphatic rings. The second-order valence-corrected chi connectivity index (χ2v) is 8.88. The Balaban J connectivity index is 1.09. The molecule has 160 valence electrons. The van der Waals surface area contributed by atoms with Crippen LogP contribution in [-0.4, -0.2) is 49.0 Å². The predicted octanol–water partition coefficient (Wildman–Crippen LogP) is 4.95. The Hall–Kier alpha value is -1.89. The van der Waals surface area contributed by atoms with Gasteiger partial charge in [-0.25, -0.2) is 4.39 Å². The van der Waals surface area contributed by atoms with Crippen molar-refractivity contribution >= 4 is 22.6 Å². The van der Waals surface area contributed by atoms with Gasteiger partial charge in [0.05, 0.1) is 12.6 Å². The minimum absolute atomic E-state index is 0.186. The molecule has 6 heteroatoms. The van der Waals surface area contributed by atoms with E-state index in [2.05, 4.69) is 34.5 Å². The highest BCUT2D eigenvalue weighted by atomic mass is 32.2. The Morgan fingerprint density at radius 2 is 1.87 bits per heavy atom. The zero-order valence-electron chi connectivity index (χ0n) is 17.4. The maximum absolute atomic E-state index is 12.9. The first kappa shape index (κ1) is 21.3. The third-order valence-electron chi connectivity index (χ3n) is 5.69. The summed E-state index contributed by atoms with van der Waals surface area (Å²) in [5, 5.41) is 4.56. The lowest BCUT2D eigenvalue weighted by Gasteiger charge is -2.31. The molecule has 2 aromatic rings. The van der Waals surface area contributed by atoms with E-state index in [1.807, 2.05) is 23.9 Å². The number of fused-ring (bicyclic) bond motifs is 1. The number of para-hydroxylation sites is 1. The van der Waals surface area contributed by atoms with Crippen molar-refractivity contribution in [3.63, 3.8) is 0 Å². The SMILES string of the molecule is Fc1ccc(CCOCCCN2CCC(N=C3Nc4ccccc4CS3)CC2)cc1. The summed E-state index contributed by atoms with van der Waals surface area (Å²) in [5.74, 6) is 0.816. The summed E-state index contributed by atoms with van der Waals surface area (Å²) in [4.78, 5) is 7.50. The van der Waals surface area contributed by atoms with Crippen molar-refractivity contribution in [3.8, 4) is 0 Å². The van der Waals surface area contributed by atoms with Gasteiger partial charge in [-0.15, -0.1) is 0 Å². The van der Waals surface area contributed by atoms with Gasteiger partial charge in [-0.05, 0) is 55.0 Å². The number of rotatable bonds is 8. The topological polar surface area (TPSA) is 36.9 Å². The molecule has 4 rings (SSSR count). The van der Waals surface area contributed by atoms with E-state index < -0.39 is 0 Å². The van der Waals surface area contributed by atoms with Crippen molar-refractivity contribution in [2.75, 3.05) is 38.2 Å². The zero-order valence-corrected chi connectivity index (χ0v) is 18.2. The summed E-state index contributed by atoms with van der Waals surface area (Å²) in [6, 6.07) is 15.6. The first-order valence-electron chi connectivity index (χ1n) is 10.9. The van der Waals surface area contributed by atoms with Gasteiger partial charge in [-0.1, -0.05) is 42.1 Å². The van der Waals surface area contributed by atoms with Crippen molar-refractivity contribution in [3.05, 3.63) is 65.5 Å². The third-order valence-corrected chi connectivity index (χ3v) is 6.63. The molecule has 0 unspecified atom stereocenters. The molecule has 0 bridgehead atoms. The number of ether oxygens (including phenoxy) is 1. The van der Waals surface area contributed by atoms with Gasteiger partial charge in [-0.3, -0.25) is 4.99 Å². The molecule has 1 saturated heterocycles. The summed E-state index contributed by atoms with van der Waals surface area (Å²) in [6.07, 6.45) is 4.14. The first-order valence-corrected chi connectivity index (χ1v) is 11.8. The molecule has 1 N–H and O–H groups in total. The van der Waals surface area contributed by atoms with Gasteiger partial charge in [0, 0.05) is 37.7 Å². The minimum atomic E-state index is -0.186. The van der Waals surface area contributed by atoms with Crippen LogP contribution in [0.2, 0.25) is 0 Å². The fraction of sp³-hybridized carbons (Fsp3) is 0.458. The molecule has 2 aliphatic heterocycles. The Bertz CT molecular complexity index is 835. The van der Waals surface area contributed by atoms with E-state index in [4.69, 9.17) is 9.73 Å². The average molecular weight is 428 g/mol. The molecule has 0 radical (unpaired) electrons. The summed E-state index contributed by atoms with van der Waals surface area (Å²) in [5.41, 5.74) is 3.68. The number of anilines is 1. The van der Waals surface area contributed by atoms with Crippen LogP contribution in [0.3, 0.4) is 0 Å². The number of nitrogens with one attached hydrogen (secondary N) is 1. The molecule has 4 nitrogen and oxygen atoms in total. The van der Waals surface area contributed by atoms with E-state index >= 15 is 0 Å². The minimum Gasteiger partial charge on any atom is -0.381 e. The highest BCUT2D eigenvalue weighted by Crippen LogP contribution is 2.29. The molecule has 0 spiro atoms. The Morgan fingerprint density at radius 3 is 2.70 bits per heavy atom. The maximum Gasteiger partial charge on any atom is 0.161 e. The predicted molar refractivity (Wildman–Crippen MR) is 124 cm³/mol. The summed E-state index contributed by atoms with van der Waals surface area (Å²) < 4.78 is 18.7. The maximum atomic E-state index is 12.9. The molecule has 30 heavy (non-hydrogen) atoms. The van der Waals surface area contributed by atoms with Crippen molar-refractivity contribution in [1.29, 1.82) is 0 Å². The van der Waals surface area contributed by atoms with Gasteiger partial charge in [-0.2, -0.15) is 0 Å². The van der Waals surface area contributed by atoms with E-state index in [0.29, 0.717) is 12.6 Å². The fourth-order valence-electron chi connectivity index (χ4n) is 3.91. The smallest absolute Gasteiger partial charge is 0.161 e. The van der Waals surface area contributed by atoms with Gasteiger partial charge in [0.2, 0.25) is 0 Å². The van der Waals surface area contributed by atoms with E-state index in [0.717, 1.165) is 68.4 Å². The van der Waals surface area contributed by atoms with Crippen LogP contribution in [0.4, 0.5) is 10.1 Å². The molecule has 0 aromatic heterocycles.